The topological polar surface area (TPSA) is 49.4 Å². The molecule has 0 bridgehead atoms. The van der Waals surface area contributed by atoms with Crippen LogP contribution >= 0.6 is 0 Å². The van der Waals surface area contributed by atoms with E-state index in [0.29, 0.717) is 5.41 Å². The average Bonchev–Trinajstić information content (AvgIpc) is 2.03. The Morgan fingerprint density at radius 1 is 1.25 bits per heavy atom. The first-order valence-electron chi connectivity index (χ1n) is 5.88. The van der Waals surface area contributed by atoms with E-state index in [1.165, 1.54) is 12.7 Å². The van der Waals surface area contributed by atoms with Crippen LogP contribution in [0, 0.1) is 11.3 Å². The molecule has 1 N–H and O–H groups in total. The summed E-state index contributed by atoms with van der Waals surface area (Å²) in [7, 11) is -3.10. The van der Waals surface area contributed by atoms with Gasteiger partial charge in [0.25, 0.3) is 0 Å². The van der Waals surface area contributed by atoms with Crippen molar-refractivity contribution in [2.45, 2.75) is 40.0 Å². The summed E-state index contributed by atoms with van der Waals surface area (Å²) < 4.78 is 22.1. The van der Waals surface area contributed by atoms with Crippen LogP contribution in [0.1, 0.15) is 40.0 Å². The van der Waals surface area contributed by atoms with Crippen molar-refractivity contribution in [2.24, 2.45) is 11.3 Å². The van der Waals surface area contributed by atoms with E-state index in [1.54, 1.807) is 0 Å². The third-order valence-electron chi connectivity index (χ3n) is 2.81. The molecule has 96 valence electrons. The summed E-state index contributed by atoms with van der Waals surface area (Å²) in [5, 5.41) is 1.81. The highest BCUT2D eigenvalue weighted by Crippen LogP contribution is 2.30. The number of piperidine rings is 1. The number of rotatable bonds is 3. The number of nitrogens with zero attached hydrogens (tertiary/aromatic N) is 1. The molecule has 4 nitrogen and oxygen atoms in total. The van der Waals surface area contributed by atoms with Gasteiger partial charge < -0.3 is 0 Å². The van der Waals surface area contributed by atoms with E-state index < -0.39 is 10.0 Å². The molecule has 1 rings (SSSR count). The van der Waals surface area contributed by atoms with Gasteiger partial charge in [-0.2, -0.15) is 0 Å². The van der Waals surface area contributed by atoms with Crippen LogP contribution in [0.4, 0.5) is 0 Å². The lowest BCUT2D eigenvalue weighted by Gasteiger charge is -2.34. The Morgan fingerprint density at radius 3 is 2.12 bits per heavy atom. The molecule has 0 unspecified atom stereocenters. The van der Waals surface area contributed by atoms with Gasteiger partial charge in [-0.25, -0.2) is 13.4 Å². The minimum atomic E-state index is -3.10. The van der Waals surface area contributed by atoms with Crippen LogP contribution < -0.4 is 4.83 Å². The first-order valence-corrected chi connectivity index (χ1v) is 7.77. The summed E-state index contributed by atoms with van der Waals surface area (Å²) in [4.78, 5) is 2.55. The van der Waals surface area contributed by atoms with E-state index in [9.17, 15) is 8.42 Å². The molecule has 0 aromatic heterocycles. The lowest BCUT2D eigenvalue weighted by Crippen LogP contribution is -2.46. The number of nitrogens with one attached hydrogen (secondary N) is 1. The molecule has 0 amide bonds. The largest absolute Gasteiger partial charge is 0.231 e. The molecular formula is C11H24N2O2S. The van der Waals surface area contributed by atoms with Crippen molar-refractivity contribution in [1.82, 2.24) is 9.84 Å². The number of hydrazine groups is 1. The van der Waals surface area contributed by atoms with Crippen LogP contribution in [-0.2, 0) is 10.0 Å². The summed E-state index contributed by atoms with van der Waals surface area (Å²) >= 11 is 0. The molecule has 0 atom stereocenters. The molecule has 0 radical (unpaired) electrons. The third kappa shape index (κ3) is 5.82. The van der Waals surface area contributed by atoms with E-state index >= 15 is 0 Å². The molecule has 1 aliphatic heterocycles. The predicted molar refractivity (Wildman–Crippen MR) is 66.3 cm³/mol. The predicted octanol–water partition coefficient (Wildman–Crippen LogP) is 1.60. The maximum Gasteiger partial charge on any atom is 0.221 e. The monoisotopic (exact) mass is 248 g/mol. The molecule has 0 aromatic rings. The molecule has 5 heteroatoms. The number of hydrogen-bond acceptors (Lipinski definition) is 3. The van der Waals surface area contributed by atoms with Crippen molar-refractivity contribution in [3.63, 3.8) is 0 Å². The second kappa shape index (κ2) is 5.02. The number of sulfonamides is 1. The summed E-state index contributed by atoms with van der Waals surface area (Å²) in [6, 6.07) is 0. The average molecular weight is 248 g/mol. The molecule has 1 aliphatic rings. The van der Waals surface area contributed by atoms with E-state index in [4.69, 9.17) is 0 Å². The summed E-state index contributed by atoms with van der Waals surface area (Å²) in [6.07, 6.45) is 4.59. The normalized spacial score (nSPS) is 21.2. The van der Waals surface area contributed by atoms with Crippen LogP contribution in [0.25, 0.3) is 0 Å². The van der Waals surface area contributed by atoms with Gasteiger partial charge >= 0.3 is 0 Å². The van der Waals surface area contributed by atoms with Crippen molar-refractivity contribution in [3.8, 4) is 0 Å². The lowest BCUT2D eigenvalue weighted by atomic mass is 9.81. The molecule has 1 saturated heterocycles. The summed E-state index contributed by atoms with van der Waals surface area (Å²) in [6.45, 7) is 8.43. The van der Waals surface area contributed by atoms with E-state index in [0.717, 1.165) is 31.8 Å². The van der Waals surface area contributed by atoms with Crippen LogP contribution in [0.15, 0.2) is 0 Å². The Labute approximate surface area is 99.4 Å². The van der Waals surface area contributed by atoms with Gasteiger partial charge in [-0.15, -0.1) is 4.83 Å². The second-order valence-electron chi connectivity index (χ2n) is 6.06. The van der Waals surface area contributed by atoms with Gasteiger partial charge in [0.15, 0.2) is 0 Å². The quantitative estimate of drug-likeness (QED) is 0.825. The molecule has 1 fully saturated rings. The van der Waals surface area contributed by atoms with Crippen LogP contribution in [0.3, 0.4) is 0 Å². The maximum atomic E-state index is 11.1. The van der Waals surface area contributed by atoms with Crippen LogP contribution in [0.5, 0.6) is 0 Å². The van der Waals surface area contributed by atoms with Gasteiger partial charge in [0.2, 0.25) is 10.0 Å². The zero-order valence-electron chi connectivity index (χ0n) is 10.8. The zero-order valence-corrected chi connectivity index (χ0v) is 11.6. The Morgan fingerprint density at radius 2 is 1.75 bits per heavy atom. The first-order chi connectivity index (χ1) is 7.16. The standard InChI is InChI=1S/C11H24N2O2S/c1-11(2,3)9-10-5-7-13(8-6-10)12-16(4,14)15/h10,12H,5-9H2,1-4H3. The van der Waals surface area contributed by atoms with E-state index in [-0.39, 0.29) is 0 Å². The fourth-order valence-corrected chi connectivity index (χ4v) is 2.98. The molecule has 0 spiro atoms. The van der Waals surface area contributed by atoms with Crippen molar-refractivity contribution in [1.29, 1.82) is 0 Å². The van der Waals surface area contributed by atoms with Crippen molar-refractivity contribution < 1.29 is 8.42 Å². The van der Waals surface area contributed by atoms with Crippen molar-refractivity contribution in [2.75, 3.05) is 19.3 Å². The minimum absolute atomic E-state index is 0.372. The molecule has 0 aliphatic carbocycles. The van der Waals surface area contributed by atoms with Gasteiger partial charge in [0.1, 0.15) is 0 Å². The highest BCUT2D eigenvalue weighted by atomic mass is 32.2. The Balaban J connectivity index is 2.34. The van der Waals surface area contributed by atoms with Gasteiger partial charge in [0, 0.05) is 13.1 Å². The zero-order chi connectivity index (χ0) is 12.4. The highest BCUT2D eigenvalue weighted by molar-refractivity contribution is 7.88. The molecular weight excluding hydrogens is 224 g/mol. The Hall–Kier alpha value is -0.130. The molecule has 1 heterocycles. The van der Waals surface area contributed by atoms with Crippen LogP contribution in [0.2, 0.25) is 0 Å². The summed E-state index contributed by atoms with van der Waals surface area (Å²) in [5.41, 5.74) is 0.372. The second-order valence-corrected chi connectivity index (χ2v) is 7.79. The molecule has 0 aromatic carbocycles. The van der Waals surface area contributed by atoms with Gasteiger partial charge in [-0.05, 0) is 30.6 Å². The molecule has 16 heavy (non-hydrogen) atoms. The summed E-state index contributed by atoms with van der Waals surface area (Å²) in [5.74, 6) is 0.734. The fraction of sp³-hybridized carbons (Fsp3) is 1.00. The maximum absolute atomic E-state index is 11.1. The lowest BCUT2D eigenvalue weighted by molar-refractivity contribution is 0.135. The number of hydrogen-bond donors (Lipinski definition) is 1. The first kappa shape index (κ1) is 13.9. The van der Waals surface area contributed by atoms with E-state index in [1.807, 2.05) is 5.01 Å². The Kier molecular flexibility index (Phi) is 4.37. The van der Waals surface area contributed by atoms with Crippen LogP contribution in [-0.4, -0.2) is 32.8 Å². The highest BCUT2D eigenvalue weighted by Gasteiger charge is 2.24. The van der Waals surface area contributed by atoms with Crippen molar-refractivity contribution in [3.05, 3.63) is 0 Å². The minimum Gasteiger partial charge on any atom is -0.231 e. The fourth-order valence-electron chi connectivity index (χ4n) is 2.33. The Bertz CT molecular complexity index is 311. The van der Waals surface area contributed by atoms with Gasteiger partial charge in [0.05, 0.1) is 6.26 Å². The van der Waals surface area contributed by atoms with Gasteiger partial charge in [-0.3, -0.25) is 0 Å². The van der Waals surface area contributed by atoms with E-state index in [2.05, 4.69) is 25.6 Å². The molecule has 0 saturated carbocycles. The SMILES string of the molecule is CC(C)(C)CC1CCN(NS(C)(=O)=O)CC1. The van der Waals surface area contributed by atoms with Crippen molar-refractivity contribution >= 4 is 10.0 Å². The van der Waals surface area contributed by atoms with Gasteiger partial charge in [-0.1, -0.05) is 20.8 Å². The third-order valence-corrected chi connectivity index (χ3v) is 3.40. The smallest absolute Gasteiger partial charge is 0.221 e.